The molecule has 2 fully saturated rings. The van der Waals surface area contributed by atoms with Crippen molar-refractivity contribution >= 4 is 11.5 Å². The van der Waals surface area contributed by atoms with Crippen molar-refractivity contribution in [3.63, 3.8) is 0 Å². The minimum Gasteiger partial charge on any atom is -0.301 e. The second-order valence-electron chi connectivity index (χ2n) is 9.50. The molecule has 2 saturated heterocycles. The van der Waals surface area contributed by atoms with Crippen LogP contribution in [-0.4, -0.2) is 70.6 Å². The molecule has 1 aromatic heterocycles. The topological polar surface area (TPSA) is 38.7 Å². The molecule has 0 radical (unpaired) electrons. The lowest BCUT2D eigenvalue weighted by Crippen LogP contribution is -2.54. The van der Waals surface area contributed by atoms with Crippen molar-refractivity contribution in [2.24, 2.45) is 0 Å². The van der Waals surface area contributed by atoms with Crippen molar-refractivity contribution in [3.8, 4) is 0 Å². The Kier molecular flexibility index (Phi) is 7.68. The van der Waals surface area contributed by atoms with Gasteiger partial charge in [-0.05, 0) is 61.8 Å². The van der Waals surface area contributed by atoms with E-state index in [-0.39, 0.29) is 11.9 Å². The largest absolute Gasteiger partial charge is 0.416 e. The SMILES string of the molecule is Fc1cccc(N(c2ccncn2)N2CCN(C(CN3CCCC3)c3cccc(C(F)(F)F)c3)CC2)c1. The quantitative estimate of drug-likeness (QED) is 0.407. The Balaban J connectivity index is 1.38. The molecule has 37 heavy (non-hydrogen) atoms. The third kappa shape index (κ3) is 6.08. The zero-order chi connectivity index (χ0) is 25.8. The van der Waals surface area contributed by atoms with Crippen LogP contribution in [0.5, 0.6) is 0 Å². The number of hydrazine groups is 1. The first-order valence-electron chi connectivity index (χ1n) is 12.6. The summed E-state index contributed by atoms with van der Waals surface area (Å²) < 4.78 is 54.6. The summed E-state index contributed by atoms with van der Waals surface area (Å²) in [6.07, 6.45) is 0.952. The van der Waals surface area contributed by atoms with Crippen LogP contribution in [0, 0.1) is 5.82 Å². The Hall–Kier alpha value is -3.08. The van der Waals surface area contributed by atoms with Crippen molar-refractivity contribution in [1.82, 2.24) is 24.8 Å². The number of likely N-dealkylation sites (tertiary alicyclic amines) is 1. The molecule has 3 aromatic rings. The van der Waals surface area contributed by atoms with E-state index in [2.05, 4.69) is 24.8 Å². The van der Waals surface area contributed by atoms with Gasteiger partial charge in [0.15, 0.2) is 5.82 Å². The Morgan fingerprint density at radius 3 is 2.32 bits per heavy atom. The van der Waals surface area contributed by atoms with E-state index in [9.17, 15) is 17.6 Å². The fraction of sp³-hybridized carbons (Fsp3) is 0.407. The molecular weight excluding hydrogens is 484 g/mol. The maximum atomic E-state index is 14.1. The molecule has 6 nitrogen and oxygen atoms in total. The number of aromatic nitrogens is 2. The predicted molar refractivity (Wildman–Crippen MR) is 134 cm³/mol. The second kappa shape index (κ2) is 11.1. The van der Waals surface area contributed by atoms with Crippen LogP contribution in [0.15, 0.2) is 67.1 Å². The smallest absolute Gasteiger partial charge is 0.301 e. The van der Waals surface area contributed by atoms with Crippen LogP contribution in [0.2, 0.25) is 0 Å². The number of halogens is 4. The van der Waals surface area contributed by atoms with Gasteiger partial charge >= 0.3 is 6.18 Å². The normalized spacial score (nSPS) is 18.7. The van der Waals surface area contributed by atoms with Crippen molar-refractivity contribution in [3.05, 3.63) is 84.1 Å². The number of anilines is 2. The summed E-state index contributed by atoms with van der Waals surface area (Å²) in [5.74, 6) is 0.283. The van der Waals surface area contributed by atoms with Crippen molar-refractivity contribution < 1.29 is 17.6 Å². The fourth-order valence-electron chi connectivity index (χ4n) is 5.24. The van der Waals surface area contributed by atoms with Crippen LogP contribution in [0.3, 0.4) is 0 Å². The van der Waals surface area contributed by atoms with Gasteiger partial charge in [0.2, 0.25) is 0 Å². The van der Waals surface area contributed by atoms with Crippen LogP contribution < -0.4 is 5.01 Å². The lowest BCUT2D eigenvalue weighted by molar-refractivity contribution is -0.137. The van der Waals surface area contributed by atoms with Gasteiger partial charge in [0.1, 0.15) is 12.1 Å². The highest BCUT2D eigenvalue weighted by Crippen LogP contribution is 2.34. The molecule has 0 aliphatic carbocycles. The number of hydrogen-bond acceptors (Lipinski definition) is 6. The molecule has 5 rings (SSSR count). The summed E-state index contributed by atoms with van der Waals surface area (Å²) in [5.41, 5.74) is 0.725. The van der Waals surface area contributed by atoms with E-state index in [0.29, 0.717) is 49.8 Å². The highest BCUT2D eigenvalue weighted by atomic mass is 19.4. The summed E-state index contributed by atoms with van der Waals surface area (Å²) in [7, 11) is 0. The van der Waals surface area contributed by atoms with E-state index < -0.39 is 11.7 Å². The van der Waals surface area contributed by atoms with E-state index in [4.69, 9.17) is 0 Å². The molecule has 2 aromatic carbocycles. The fourth-order valence-corrected chi connectivity index (χ4v) is 5.24. The van der Waals surface area contributed by atoms with E-state index in [0.717, 1.165) is 32.0 Å². The van der Waals surface area contributed by atoms with Crippen LogP contribution in [-0.2, 0) is 6.18 Å². The molecule has 1 unspecified atom stereocenters. The van der Waals surface area contributed by atoms with E-state index in [1.54, 1.807) is 18.3 Å². The minimum absolute atomic E-state index is 0.149. The maximum absolute atomic E-state index is 14.1. The molecule has 0 N–H and O–H groups in total. The van der Waals surface area contributed by atoms with Gasteiger partial charge in [-0.1, -0.05) is 18.2 Å². The molecule has 10 heteroatoms. The van der Waals surface area contributed by atoms with Gasteiger partial charge in [-0.2, -0.15) is 13.2 Å². The molecule has 196 valence electrons. The van der Waals surface area contributed by atoms with Gasteiger partial charge in [0.05, 0.1) is 11.3 Å². The maximum Gasteiger partial charge on any atom is 0.416 e. The van der Waals surface area contributed by atoms with Gasteiger partial charge in [0, 0.05) is 51.0 Å². The Morgan fingerprint density at radius 1 is 0.892 bits per heavy atom. The third-order valence-electron chi connectivity index (χ3n) is 7.08. The van der Waals surface area contributed by atoms with Gasteiger partial charge in [-0.15, -0.1) is 0 Å². The van der Waals surface area contributed by atoms with Gasteiger partial charge in [0.25, 0.3) is 0 Å². The van der Waals surface area contributed by atoms with Crippen molar-refractivity contribution in [2.45, 2.75) is 25.1 Å². The highest BCUT2D eigenvalue weighted by molar-refractivity contribution is 5.58. The molecule has 2 aliphatic heterocycles. The molecule has 0 amide bonds. The Labute approximate surface area is 214 Å². The third-order valence-corrected chi connectivity index (χ3v) is 7.08. The number of rotatable bonds is 7. The van der Waals surface area contributed by atoms with Gasteiger partial charge in [-0.3, -0.25) is 9.91 Å². The first-order valence-corrected chi connectivity index (χ1v) is 12.6. The average Bonchev–Trinajstić information content (AvgIpc) is 3.42. The Bertz CT molecular complexity index is 1160. The minimum atomic E-state index is -4.38. The summed E-state index contributed by atoms with van der Waals surface area (Å²) in [6.45, 7) is 5.14. The lowest BCUT2D eigenvalue weighted by Gasteiger charge is -2.44. The number of piperazine rings is 1. The van der Waals surface area contributed by atoms with Gasteiger partial charge < -0.3 is 4.90 Å². The number of benzene rings is 2. The summed E-state index contributed by atoms with van der Waals surface area (Å²) in [6, 6.07) is 13.7. The molecule has 0 spiro atoms. The average molecular weight is 515 g/mol. The first kappa shape index (κ1) is 25.6. The molecular formula is C27H30F4N6. The highest BCUT2D eigenvalue weighted by Gasteiger charge is 2.34. The zero-order valence-corrected chi connectivity index (χ0v) is 20.5. The molecule has 0 saturated carbocycles. The monoisotopic (exact) mass is 514 g/mol. The zero-order valence-electron chi connectivity index (χ0n) is 20.5. The molecule has 0 bridgehead atoms. The number of hydrogen-bond donors (Lipinski definition) is 0. The summed E-state index contributed by atoms with van der Waals surface area (Å²) >= 11 is 0. The van der Waals surface area contributed by atoms with Gasteiger partial charge in [-0.25, -0.2) is 19.4 Å². The number of alkyl halides is 3. The van der Waals surface area contributed by atoms with Crippen molar-refractivity contribution in [2.75, 3.05) is 50.8 Å². The van der Waals surface area contributed by atoms with E-state index in [1.165, 1.54) is 30.6 Å². The first-order chi connectivity index (χ1) is 17.9. The Morgan fingerprint density at radius 2 is 1.65 bits per heavy atom. The van der Waals surface area contributed by atoms with Crippen LogP contribution in [0.25, 0.3) is 0 Å². The van der Waals surface area contributed by atoms with E-state index >= 15 is 0 Å². The standard InChI is InChI=1S/C27H30F4N6/c28-23-7-4-8-24(18-23)37(26-9-10-32-20-33-26)36-15-13-35(14-16-36)25(19-34-11-1-2-12-34)21-5-3-6-22(17-21)27(29,30)31/h3-10,17-18,20,25H,1-2,11-16,19H2. The lowest BCUT2D eigenvalue weighted by atomic mass is 10.0. The second-order valence-corrected chi connectivity index (χ2v) is 9.50. The summed E-state index contributed by atoms with van der Waals surface area (Å²) in [5, 5.41) is 3.99. The van der Waals surface area contributed by atoms with Crippen LogP contribution in [0.1, 0.15) is 30.0 Å². The van der Waals surface area contributed by atoms with Crippen molar-refractivity contribution in [1.29, 1.82) is 0 Å². The molecule has 3 heterocycles. The summed E-state index contributed by atoms with van der Waals surface area (Å²) in [4.78, 5) is 13.0. The molecule has 1 atom stereocenters. The van der Waals surface area contributed by atoms with Crippen LogP contribution >= 0.6 is 0 Å². The van der Waals surface area contributed by atoms with E-state index in [1.807, 2.05) is 17.1 Å². The number of nitrogens with zero attached hydrogens (tertiary/aromatic N) is 6. The van der Waals surface area contributed by atoms with Crippen LogP contribution in [0.4, 0.5) is 29.1 Å². The molecule has 2 aliphatic rings. The predicted octanol–water partition coefficient (Wildman–Crippen LogP) is 5.14.